The summed E-state index contributed by atoms with van der Waals surface area (Å²) in [4.78, 5) is 27.8. The first-order valence-electron chi connectivity index (χ1n) is 13.7. The van der Waals surface area contributed by atoms with Crippen LogP contribution in [0.1, 0.15) is 72.9 Å². The van der Waals surface area contributed by atoms with Gasteiger partial charge in [-0.1, -0.05) is 25.1 Å². The van der Waals surface area contributed by atoms with Gasteiger partial charge in [0, 0.05) is 69.2 Å². The summed E-state index contributed by atoms with van der Waals surface area (Å²) in [6, 6.07) is 8.99. The van der Waals surface area contributed by atoms with E-state index < -0.39 is 5.92 Å². The zero-order chi connectivity index (χ0) is 27.7. The normalized spacial score (nSPS) is 20.8. The van der Waals surface area contributed by atoms with Crippen molar-refractivity contribution in [3.05, 3.63) is 58.1 Å². The fourth-order valence-corrected chi connectivity index (χ4v) is 6.00. The van der Waals surface area contributed by atoms with Gasteiger partial charge in [-0.2, -0.15) is 0 Å². The summed E-state index contributed by atoms with van der Waals surface area (Å²) >= 11 is 0. The lowest BCUT2D eigenvalue weighted by Crippen LogP contribution is -2.48. The number of hydrogen-bond acceptors (Lipinski definition) is 6. The van der Waals surface area contributed by atoms with Crippen LogP contribution in [0.2, 0.25) is 0 Å². The van der Waals surface area contributed by atoms with Crippen LogP contribution in [-0.2, 0) is 33.2 Å². The number of piperazine rings is 1. The van der Waals surface area contributed by atoms with Crippen LogP contribution in [0.4, 0.5) is 8.78 Å². The number of fused-ring (bicyclic) bond motifs is 2. The van der Waals surface area contributed by atoms with Crippen molar-refractivity contribution in [3.8, 4) is 11.5 Å². The van der Waals surface area contributed by atoms with Crippen molar-refractivity contribution in [1.29, 1.82) is 0 Å². The number of nitrogens with zero attached hydrogens (tertiary/aromatic N) is 2. The van der Waals surface area contributed by atoms with E-state index in [9.17, 15) is 18.4 Å². The van der Waals surface area contributed by atoms with E-state index in [1.165, 1.54) is 7.11 Å². The van der Waals surface area contributed by atoms with E-state index in [-0.39, 0.29) is 35.9 Å². The Labute approximate surface area is 228 Å². The smallest absolute Gasteiger partial charge is 0.306 e. The molecule has 0 bridgehead atoms. The Morgan fingerprint density at radius 2 is 1.85 bits per heavy atom. The van der Waals surface area contributed by atoms with E-state index in [1.807, 2.05) is 30.0 Å². The summed E-state index contributed by atoms with van der Waals surface area (Å²) in [7, 11) is 1.38. The molecule has 0 N–H and O–H groups in total. The second-order valence-corrected chi connectivity index (χ2v) is 10.7. The first-order chi connectivity index (χ1) is 18.7. The number of halogens is 2. The van der Waals surface area contributed by atoms with Crippen LogP contribution in [0, 0.1) is 0 Å². The third-order valence-corrected chi connectivity index (χ3v) is 8.14. The monoisotopic (exact) mass is 542 g/mol. The molecule has 1 fully saturated rings. The van der Waals surface area contributed by atoms with E-state index in [0.29, 0.717) is 75.7 Å². The van der Waals surface area contributed by atoms with E-state index in [0.717, 1.165) is 23.6 Å². The molecular formula is C30H36F2N2O5. The molecule has 7 nitrogen and oxygen atoms in total. The summed E-state index contributed by atoms with van der Waals surface area (Å²) in [5.74, 6) is -1.81. The maximum atomic E-state index is 14.7. The van der Waals surface area contributed by atoms with Crippen LogP contribution in [0.25, 0.3) is 0 Å². The molecule has 1 saturated heterocycles. The minimum absolute atomic E-state index is 0.0487. The number of rotatable bonds is 8. The lowest BCUT2D eigenvalue weighted by molar-refractivity contribution is -0.141. The van der Waals surface area contributed by atoms with Crippen LogP contribution in [-0.4, -0.2) is 61.6 Å². The average molecular weight is 543 g/mol. The van der Waals surface area contributed by atoms with Gasteiger partial charge in [0.25, 0.3) is 5.92 Å². The molecule has 2 atom stereocenters. The van der Waals surface area contributed by atoms with Gasteiger partial charge < -0.3 is 19.1 Å². The number of amides is 1. The van der Waals surface area contributed by atoms with E-state index >= 15 is 0 Å². The number of esters is 1. The lowest BCUT2D eigenvalue weighted by Gasteiger charge is -2.35. The minimum atomic E-state index is -2.96. The zero-order valence-electron chi connectivity index (χ0n) is 22.8. The van der Waals surface area contributed by atoms with Crippen molar-refractivity contribution in [2.75, 3.05) is 39.9 Å². The Morgan fingerprint density at radius 3 is 2.54 bits per heavy atom. The maximum Gasteiger partial charge on any atom is 0.306 e. The molecule has 210 valence electrons. The Bertz CT molecular complexity index is 1240. The van der Waals surface area contributed by atoms with Gasteiger partial charge in [-0.3, -0.25) is 14.5 Å². The van der Waals surface area contributed by atoms with Gasteiger partial charge in [0.05, 0.1) is 20.1 Å². The van der Waals surface area contributed by atoms with Crippen molar-refractivity contribution in [2.45, 2.75) is 64.0 Å². The van der Waals surface area contributed by atoms with Crippen LogP contribution < -0.4 is 9.47 Å². The highest BCUT2D eigenvalue weighted by molar-refractivity contribution is 5.75. The van der Waals surface area contributed by atoms with Crippen molar-refractivity contribution in [3.63, 3.8) is 0 Å². The fourth-order valence-electron chi connectivity index (χ4n) is 6.00. The molecule has 2 aromatic carbocycles. The van der Waals surface area contributed by atoms with E-state index in [4.69, 9.17) is 14.2 Å². The standard InChI is InChI=1S/C30H36F2N2O5/c1-4-28(35)34-13-11-33(12-14-34)17-24-22-8-10-26(23(22)7-9-25(24)30(2,31)32)39-20-5-6-21-19(15-29(36)37-3)18-38-27(21)16-20/h5-7,9,16,19,26H,4,8,10-15,17-18H2,1-3H3. The number of alkyl halides is 2. The largest absolute Gasteiger partial charge is 0.492 e. The Morgan fingerprint density at radius 1 is 1.10 bits per heavy atom. The van der Waals surface area contributed by atoms with Crippen LogP contribution in [0.3, 0.4) is 0 Å². The van der Waals surface area contributed by atoms with Crippen molar-refractivity contribution in [2.24, 2.45) is 0 Å². The molecule has 3 aliphatic rings. The second kappa shape index (κ2) is 11.1. The van der Waals surface area contributed by atoms with Gasteiger partial charge in [-0.25, -0.2) is 8.78 Å². The molecule has 0 spiro atoms. The number of carbonyl (C=O) groups excluding carboxylic acids is 2. The SMILES string of the molecule is CCC(=O)N1CCN(Cc2c(C(C)(F)F)ccc3c2CCC3Oc2ccc3c(c2)OCC3CC(=O)OC)CC1. The molecule has 5 rings (SSSR count). The molecule has 2 aromatic rings. The summed E-state index contributed by atoms with van der Waals surface area (Å²) in [6.07, 6.45) is 1.85. The molecule has 0 aromatic heterocycles. The molecule has 9 heteroatoms. The number of ether oxygens (including phenoxy) is 3. The van der Waals surface area contributed by atoms with Gasteiger partial charge in [-0.15, -0.1) is 0 Å². The van der Waals surface area contributed by atoms with Gasteiger partial charge >= 0.3 is 5.97 Å². The van der Waals surface area contributed by atoms with Crippen LogP contribution >= 0.6 is 0 Å². The Balaban J connectivity index is 1.34. The van der Waals surface area contributed by atoms with Gasteiger partial charge in [0.15, 0.2) is 0 Å². The average Bonchev–Trinajstić information content (AvgIpc) is 3.52. The quantitative estimate of drug-likeness (QED) is 0.440. The van der Waals surface area contributed by atoms with Crippen molar-refractivity contribution in [1.82, 2.24) is 9.80 Å². The highest BCUT2D eigenvalue weighted by Crippen LogP contribution is 2.44. The number of methoxy groups -OCH3 is 1. The third-order valence-electron chi connectivity index (χ3n) is 8.14. The molecule has 0 saturated carbocycles. The molecular weight excluding hydrogens is 506 g/mol. The lowest BCUT2D eigenvalue weighted by atomic mass is 9.93. The molecule has 1 aliphatic carbocycles. The fraction of sp³-hybridized carbons (Fsp3) is 0.533. The zero-order valence-corrected chi connectivity index (χ0v) is 22.8. The van der Waals surface area contributed by atoms with Crippen LogP contribution in [0.5, 0.6) is 11.5 Å². The summed E-state index contributed by atoms with van der Waals surface area (Å²) in [6.45, 7) is 6.21. The van der Waals surface area contributed by atoms with Gasteiger partial charge in [0.1, 0.15) is 17.6 Å². The number of hydrogen-bond donors (Lipinski definition) is 0. The molecule has 2 aliphatic heterocycles. The Hall–Kier alpha value is -3.20. The van der Waals surface area contributed by atoms with Crippen molar-refractivity contribution < 1.29 is 32.6 Å². The molecule has 2 unspecified atom stereocenters. The summed E-state index contributed by atoms with van der Waals surface area (Å²) in [5, 5.41) is 0. The maximum absolute atomic E-state index is 14.7. The molecule has 2 heterocycles. The third kappa shape index (κ3) is 5.73. The number of benzene rings is 2. The highest BCUT2D eigenvalue weighted by atomic mass is 19.3. The first kappa shape index (κ1) is 27.4. The number of carbonyl (C=O) groups is 2. The summed E-state index contributed by atoms with van der Waals surface area (Å²) < 4.78 is 46.4. The van der Waals surface area contributed by atoms with Crippen LogP contribution in [0.15, 0.2) is 30.3 Å². The summed E-state index contributed by atoms with van der Waals surface area (Å²) in [5.41, 5.74) is 3.60. The second-order valence-electron chi connectivity index (χ2n) is 10.7. The topological polar surface area (TPSA) is 68.3 Å². The predicted molar refractivity (Wildman–Crippen MR) is 141 cm³/mol. The molecule has 0 radical (unpaired) electrons. The van der Waals surface area contributed by atoms with E-state index in [1.54, 1.807) is 12.1 Å². The van der Waals surface area contributed by atoms with E-state index in [2.05, 4.69) is 4.90 Å². The van der Waals surface area contributed by atoms with Gasteiger partial charge in [0.2, 0.25) is 5.91 Å². The molecule has 1 amide bonds. The highest BCUT2D eigenvalue weighted by Gasteiger charge is 2.35. The Kier molecular flexibility index (Phi) is 7.80. The first-order valence-corrected chi connectivity index (χ1v) is 13.7. The molecule has 39 heavy (non-hydrogen) atoms. The van der Waals surface area contributed by atoms with Gasteiger partial charge in [-0.05, 0) is 35.6 Å². The predicted octanol–water partition coefficient (Wildman–Crippen LogP) is 4.96. The van der Waals surface area contributed by atoms with Crippen molar-refractivity contribution >= 4 is 11.9 Å². The minimum Gasteiger partial charge on any atom is -0.492 e.